The molecular formula is C10H15BrN2OS. The predicted octanol–water partition coefficient (Wildman–Crippen LogP) is 1.32. The number of hydrogen-bond donors (Lipinski definition) is 3. The van der Waals surface area contributed by atoms with Crippen LogP contribution in [-0.4, -0.2) is 30.3 Å². The molecule has 0 bridgehead atoms. The van der Waals surface area contributed by atoms with E-state index in [1.54, 1.807) is 11.3 Å². The molecule has 0 saturated carbocycles. The molecular weight excluding hydrogens is 276 g/mol. The van der Waals surface area contributed by atoms with Crippen LogP contribution in [0, 0.1) is 0 Å². The molecule has 0 aliphatic carbocycles. The normalized spacial score (nSPS) is 26.0. The van der Waals surface area contributed by atoms with Crippen LogP contribution in [-0.2, 0) is 6.54 Å². The van der Waals surface area contributed by atoms with Crippen molar-refractivity contribution in [1.82, 2.24) is 10.6 Å². The van der Waals surface area contributed by atoms with Crippen molar-refractivity contribution in [2.45, 2.75) is 25.1 Å². The van der Waals surface area contributed by atoms with Gasteiger partial charge in [-0.25, -0.2) is 0 Å². The zero-order chi connectivity index (χ0) is 10.7. The van der Waals surface area contributed by atoms with Crippen molar-refractivity contribution < 1.29 is 5.11 Å². The number of rotatable bonds is 4. The van der Waals surface area contributed by atoms with Gasteiger partial charge in [0.2, 0.25) is 0 Å². The fraction of sp³-hybridized carbons (Fsp3) is 0.600. The van der Waals surface area contributed by atoms with Crippen LogP contribution < -0.4 is 10.6 Å². The predicted molar refractivity (Wildman–Crippen MR) is 66.1 cm³/mol. The van der Waals surface area contributed by atoms with Gasteiger partial charge in [0, 0.05) is 35.0 Å². The first-order valence-corrected chi connectivity index (χ1v) is 6.77. The highest BCUT2D eigenvalue weighted by molar-refractivity contribution is 9.10. The van der Waals surface area contributed by atoms with Crippen LogP contribution in [0.5, 0.6) is 0 Å². The lowest BCUT2D eigenvalue weighted by Crippen LogP contribution is -2.33. The average Bonchev–Trinajstić information content (AvgIpc) is 2.77. The summed E-state index contributed by atoms with van der Waals surface area (Å²) >= 11 is 5.26. The second-order valence-corrected chi connectivity index (χ2v) is 5.67. The van der Waals surface area contributed by atoms with Crippen LogP contribution in [0.4, 0.5) is 0 Å². The van der Waals surface area contributed by atoms with Gasteiger partial charge in [0.05, 0.1) is 6.10 Å². The van der Waals surface area contributed by atoms with Crippen LogP contribution in [0.25, 0.3) is 0 Å². The monoisotopic (exact) mass is 290 g/mol. The van der Waals surface area contributed by atoms with E-state index in [1.165, 1.54) is 9.35 Å². The number of thiophene rings is 1. The lowest BCUT2D eigenvalue weighted by atomic mass is 10.2. The fourth-order valence-corrected chi connectivity index (χ4v) is 3.23. The van der Waals surface area contributed by atoms with Gasteiger partial charge in [0.25, 0.3) is 0 Å². The fourth-order valence-electron chi connectivity index (χ4n) is 1.76. The summed E-state index contributed by atoms with van der Waals surface area (Å²) in [6.07, 6.45) is 0.698. The lowest BCUT2D eigenvalue weighted by molar-refractivity contribution is 0.193. The summed E-state index contributed by atoms with van der Waals surface area (Å²) in [6, 6.07) is 2.48. The molecule has 1 aromatic rings. The van der Waals surface area contributed by atoms with Gasteiger partial charge in [-0.3, -0.25) is 0 Å². The van der Waals surface area contributed by atoms with E-state index in [0.29, 0.717) is 6.04 Å². The molecule has 0 radical (unpaired) electrons. The van der Waals surface area contributed by atoms with E-state index in [1.807, 2.05) is 0 Å². The maximum Gasteiger partial charge on any atom is 0.0680 e. The summed E-state index contributed by atoms with van der Waals surface area (Å²) in [5.74, 6) is 0. The summed E-state index contributed by atoms with van der Waals surface area (Å²) in [6.45, 7) is 2.54. The van der Waals surface area contributed by atoms with Crippen molar-refractivity contribution in [2.75, 3.05) is 13.1 Å². The van der Waals surface area contributed by atoms with Crippen molar-refractivity contribution in [2.24, 2.45) is 0 Å². The van der Waals surface area contributed by atoms with Gasteiger partial charge in [0.1, 0.15) is 0 Å². The molecule has 0 aromatic carbocycles. The van der Waals surface area contributed by atoms with E-state index in [0.717, 1.165) is 26.1 Å². The van der Waals surface area contributed by atoms with Crippen molar-refractivity contribution in [3.8, 4) is 0 Å². The van der Waals surface area contributed by atoms with Crippen LogP contribution in [0.15, 0.2) is 15.9 Å². The second-order valence-electron chi connectivity index (χ2n) is 3.82. The van der Waals surface area contributed by atoms with Gasteiger partial charge in [-0.2, -0.15) is 0 Å². The number of hydrogen-bond acceptors (Lipinski definition) is 4. The van der Waals surface area contributed by atoms with Gasteiger partial charge in [-0.05, 0) is 33.8 Å². The first-order valence-electron chi connectivity index (χ1n) is 5.09. The maximum absolute atomic E-state index is 9.33. The second kappa shape index (κ2) is 5.41. The minimum atomic E-state index is -0.162. The molecule has 5 heteroatoms. The third-order valence-electron chi connectivity index (χ3n) is 2.57. The Kier molecular flexibility index (Phi) is 4.16. The molecule has 84 valence electrons. The Balaban J connectivity index is 1.69. The molecule has 2 rings (SSSR count). The van der Waals surface area contributed by atoms with Crippen LogP contribution in [0.3, 0.4) is 0 Å². The first-order chi connectivity index (χ1) is 7.25. The van der Waals surface area contributed by atoms with Crippen molar-refractivity contribution >= 4 is 27.3 Å². The summed E-state index contributed by atoms with van der Waals surface area (Å²) in [7, 11) is 0. The van der Waals surface area contributed by atoms with Crippen molar-refractivity contribution in [3.05, 3.63) is 20.8 Å². The van der Waals surface area contributed by atoms with Crippen LogP contribution >= 0.6 is 27.3 Å². The molecule has 1 aliphatic heterocycles. The Bertz CT molecular complexity index is 318. The van der Waals surface area contributed by atoms with E-state index in [-0.39, 0.29) is 6.10 Å². The molecule has 1 saturated heterocycles. The molecule has 3 nitrogen and oxygen atoms in total. The molecule has 1 fully saturated rings. The van der Waals surface area contributed by atoms with Gasteiger partial charge in [-0.1, -0.05) is 0 Å². The minimum Gasteiger partial charge on any atom is -0.392 e. The third-order valence-corrected chi connectivity index (χ3v) is 4.49. The standard InChI is InChI=1S/C10H15BrN2OS/c11-9-1-2-15-10(9)6-12-4-7-3-8(14)5-13-7/h1-2,7-8,12-14H,3-6H2. The zero-order valence-corrected chi connectivity index (χ0v) is 10.8. The Morgan fingerprint density at radius 3 is 3.13 bits per heavy atom. The van der Waals surface area contributed by atoms with Gasteiger partial charge in [0.15, 0.2) is 0 Å². The highest BCUT2D eigenvalue weighted by Gasteiger charge is 2.21. The zero-order valence-electron chi connectivity index (χ0n) is 8.37. The minimum absolute atomic E-state index is 0.162. The first kappa shape index (κ1) is 11.5. The summed E-state index contributed by atoms with van der Waals surface area (Å²) in [4.78, 5) is 1.33. The average molecular weight is 291 g/mol. The van der Waals surface area contributed by atoms with Gasteiger partial charge in [-0.15, -0.1) is 11.3 Å². The lowest BCUT2D eigenvalue weighted by Gasteiger charge is -2.10. The van der Waals surface area contributed by atoms with E-state index in [2.05, 4.69) is 38.0 Å². The molecule has 0 amide bonds. The van der Waals surface area contributed by atoms with E-state index in [9.17, 15) is 5.11 Å². The Morgan fingerprint density at radius 1 is 1.67 bits per heavy atom. The SMILES string of the molecule is OC1CNC(CNCc2sccc2Br)C1. The largest absolute Gasteiger partial charge is 0.392 e. The quantitative estimate of drug-likeness (QED) is 0.784. The number of aliphatic hydroxyl groups is 1. The Morgan fingerprint density at radius 2 is 2.53 bits per heavy atom. The topological polar surface area (TPSA) is 44.3 Å². The number of aliphatic hydroxyl groups excluding tert-OH is 1. The van der Waals surface area contributed by atoms with Crippen molar-refractivity contribution in [1.29, 1.82) is 0 Å². The Labute approximate surface area is 102 Å². The van der Waals surface area contributed by atoms with E-state index in [4.69, 9.17) is 0 Å². The van der Waals surface area contributed by atoms with Crippen molar-refractivity contribution in [3.63, 3.8) is 0 Å². The molecule has 3 N–H and O–H groups in total. The molecule has 1 aromatic heterocycles. The molecule has 1 aliphatic rings. The summed E-state index contributed by atoms with van der Waals surface area (Å²) < 4.78 is 1.18. The molecule has 2 heterocycles. The Hall–Kier alpha value is 0.0600. The van der Waals surface area contributed by atoms with E-state index >= 15 is 0 Å². The molecule has 0 spiro atoms. The third kappa shape index (κ3) is 3.26. The highest BCUT2D eigenvalue weighted by atomic mass is 79.9. The number of halogens is 1. The maximum atomic E-state index is 9.33. The molecule has 2 unspecified atom stereocenters. The van der Waals surface area contributed by atoms with Gasteiger partial charge < -0.3 is 15.7 Å². The molecule has 15 heavy (non-hydrogen) atoms. The summed E-state index contributed by atoms with van der Waals surface area (Å²) in [5.41, 5.74) is 0. The number of nitrogens with one attached hydrogen (secondary N) is 2. The summed E-state index contributed by atoms with van der Waals surface area (Å²) in [5, 5.41) is 18.1. The van der Waals surface area contributed by atoms with Gasteiger partial charge >= 0.3 is 0 Å². The van der Waals surface area contributed by atoms with E-state index < -0.39 is 0 Å². The molecule has 2 atom stereocenters. The smallest absolute Gasteiger partial charge is 0.0680 e. The highest BCUT2D eigenvalue weighted by Crippen LogP contribution is 2.22. The number of β-amino-alcohol motifs (C(OH)–C–C–N with tert-alkyl or cyclic N) is 1. The van der Waals surface area contributed by atoms with Crippen LogP contribution in [0.2, 0.25) is 0 Å². The van der Waals surface area contributed by atoms with Crippen LogP contribution in [0.1, 0.15) is 11.3 Å².